The van der Waals surface area contributed by atoms with Crippen molar-refractivity contribution < 1.29 is 4.43 Å². The summed E-state index contributed by atoms with van der Waals surface area (Å²) in [5.41, 5.74) is 1.97. The first-order valence-electron chi connectivity index (χ1n) is 9.82. The van der Waals surface area contributed by atoms with Crippen molar-refractivity contribution in [3.8, 4) is 0 Å². The van der Waals surface area contributed by atoms with Gasteiger partial charge >= 0.3 is 0 Å². The number of hydrogen-bond acceptors (Lipinski definition) is 1. The number of hydrogen-bond donors (Lipinski definition) is 0. The SMILES string of the molecule is CCCCCCCC(/C=C(\I)CI)O[Si](C(C)C)(C(C)C)C(C)C. The Morgan fingerprint density at radius 1 is 0.917 bits per heavy atom. The Kier molecular flexibility index (Phi) is 14.3. The van der Waals surface area contributed by atoms with Crippen LogP contribution in [0.2, 0.25) is 16.6 Å². The van der Waals surface area contributed by atoms with Crippen LogP contribution in [0.25, 0.3) is 0 Å². The second-order valence-electron chi connectivity index (χ2n) is 7.92. The van der Waals surface area contributed by atoms with Crippen molar-refractivity contribution in [3.63, 3.8) is 0 Å². The minimum Gasteiger partial charge on any atom is -0.410 e. The van der Waals surface area contributed by atoms with Crippen LogP contribution in [0.1, 0.15) is 87.0 Å². The van der Waals surface area contributed by atoms with Crippen molar-refractivity contribution >= 4 is 53.5 Å². The average Bonchev–Trinajstić information content (AvgIpc) is 2.50. The lowest BCUT2D eigenvalue weighted by Gasteiger charge is -2.44. The van der Waals surface area contributed by atoms with Gasteiger partial charge in [-0.25, -0.2) is 0 Å². The molecule has 0 amide bonds. The van der Waals surface area contributed by atoms with Crippen molar-refractivity contribution in [3.05, 3.63) is 9.66 Å². The smallest absolute Gasteiger partial charge is 0.201 e. The molecule has 0 rings (SSSR count). The van der Waals surface area contributed by atoms with E-state index in [9.17, 15) is 0 Å². The topological polar surface area (TPSA) is 9.23 Å². The van der Waals surface area contributed by atoms with E-state index in [-0.39, 0.29) is 0 Å². The van der Waals surface area contributed by atoms with Gasteiger partial charge in [-0.2, -0.15) is 0 Å². The third-order valence-corrected chi connectivity index (χ3v) is 14.3. The maximum Gasteiger partial charge on any atom is 0.201 e. The monoisotopic (exact) mass is 578 g/mol. The van der Waals surface area contributed by atoms with E-state index in [2.05, 4.69) is 99.7 Å². The van der Waals surface area contributed by atoms with Gasteiger partial charge in [0.25, 0.3) is 0 Å². The molecule has 0 saturated carbocycles. The summed E-state index contributed by atoms with van der Waals surface area (Å²) >= 11 is 4.95. The summed E-state index contributed by atoms with van der Waals surface area (Å²) in [6, 6.07) is 0. The summed E-state index contributed by atoms with van der Waals surface area (Å²) in [4.78, 5) is 0. The predicted octanol–water partition coefficient (Wildman–Crippen LogP) is 8.66. The fourth-order valence-electron chi connectivity index (χ4n) is 4.04. The molecule has 0 N–H and O–H groups in total. The average molecular weight is 578 g/mol. The van der Waals surface area contributed by atoms with Crippen molar-refractivity contribution in [1.29, 1.82) is 0 Å². The van der Waals surface area contributed by atoms with Crippen LogP contribution in [-0.2, 0) is 4.43 Å². The second-order valence-corrected chi connectivity index (χ2v) is 15.5. The molecule has 0 aromatic carbocycles. The van der Waals surface area contributed by atoms with Crippen LogP contribution < -0.4 is 0 Å². The van der Waals surface area contributed by atoms with Gasteiger partial charge in [0.2, 0.25) is 8.32 Å². The molecule has 24 heavy (non-hydrogen) atoms. The van der Waals surface area contributed by atoms with Gasteiger partial charge in [-0.3, -0.25) is 0 Å². The fourth-order valence-corrected chi connectivity index (χ4v) is 10.2. The van der Waals surface area contributed by atoms with E-state index < -0.39 is 8.32 Å². The van der Waals surface area contributed by atoms with Gasteiger partial charge in [0, 0.05) is 4.43 Å². The quantitative estimate of drug-likeness (QED) is 0.0920. The number of halogens is 2. The van der Waals surface area contributed by atoms with Crippen LogP contribution in [0.5, 0.6) is 0 Å². The van der Waals surface area contributed by atoms with Gasteiger partial charge in [0.15, 0.2) is 0 Å². The molecule has 0 aliphatic carbocycles. The van der Waals surface area contributed by atoms with E-state index in [1.807, 2.05) is 0 Å². The highest BCUT2D eigenvalue weighted by molar-refractivity contribution is 14.1. The third-order valence-electron chi connectivity index (χ3n) is 5.15. The Hall–Kier alpha value is 1.38. The van der Waals surface area contributed by atoms with E-state index in [0.29, 0.717) is 22.7 Å². The lowest BCUT2D eigenvalue weighted by Crippen LogP contribution is -2.50. The van der Waals surface area contributed by atoms with Gasteiger partial charge < -0.3 is 4.43 Å². The van der Waals surface area contributed by atoms with Crippen LogP contribution in [0.3, 0.4) is 0 Å². The van der Waals surface area contributed by atoms with Crippen molar-refractivity contribution in [2.45, 2.75) is 110 Å². The van der Waals surface area contributed by atoms with Crippen molar-refractivity contribution in [2.75, 3.05) is 4.43 Å². The molecule has 0 spiro atoms. The van der Waals surface area contributed by atoms with Gasteiger partial charge in [-0.1, -0.05) is 103 Å². The van der Waals surface area contributed by atoms with Crippen LogP contribution >= 0.6 is 45.2 Å². The molecule has 0 aromatic rings. The van der Waals surface area contributed by atoms with Gasteiger partial charge in [-0.05, 0) is 55.3 Å². The van der Waals surface area contributed by atoms with E-state index in [4.69, 9.17) is 4.43 Å². The van der Waals surface area contributed by atoms with Crippen LogP contribution in [0, 0.1) is 0 Å². The van der Waals surface area contributed by atoms with Gasteiger partial charge in [0.05, 0.1) is 6.10 Å². The summed E-state index contributed by atoms with van der Waals surface area (Å²) in [7, 11) is -1.80. The van der Waals surface area contributed by atoms with Crippen LogP contribution in [-0.4, -0.2) is 18.8 Å². The highest BCUT2D eigenvalue weighted by Gasteiger charge is 2.46. The Bertz CT molecular complexity index is 332. The molecule has 1 atom stereocenters. The minimum atomic E-state index is -1.80. The van der Waals surface area contributed by atoms with Gasteiger partial charge in [0.1, 0.15) is 0 Å². The summed E-state index contributed by atoms with van der Waals surface area (Å²) < 4.78 is 9.58. The minimum absolute atomic E-state index is 0.312. The first-order chi connectivity index (χ1) is 11.2. The largest absolute Gasteiger partial charge is 0.410 e. The maximum atomic E-state index is 7.06. The molecule has 0 aliphatic heterocycles. The Labute approximate surface area is 180 Å². The number of unbranched alkanes of at least 4 members (excludes halogenated alkanes) is 4. The zero-order valence-electron chi connectivity index (χ0n) is 17.0. The Morgan fingerprint density at radius 2 is 1.42 bits per heavy atom. The summed E-state index contributed by atoms with van der Waals surface area (Å²) in [5, 5.41) is 0. The zero-order valence-corrected chi connectivity index (χ0v) is 22.3. The molecule has 0 aliphatic rings. The summed E-state index contributed by atoms with van der Waals surface area (Å²) in [6.07, 6.45) is 10.6. The van der Waals surface area contributed by atoms with Crippen molar-refractivity contribution in [2.24, 2.45) is 0 Å². The molecule has 144 valence electrons. The highest BCUT2D eigenvalue weighted by atomic mass is 127. The molecule has 0 heterocycles. The Balaban J connectivity index is 5.17. The van der Waals surface area contributed by atoms with E-state index in [0.717, 1.165) is 4.43 Å². The zero-order chi connectivity index (χ0) is 18.8. The molecule has 4 heteroatoms. The molecule has 0 aromatic heterocycles. The standard InChI is InChI=1S/C20H40I2OSi/c1-8-9-10-11-12-13-20(14-19(22)15-21)23-24(16(2)3,17(4)5)18(6)7/h14,16-18,20H,8-13,15H2,1-7H3/b19-14-. The molecule has 0 radical (unpaired) electrons. The predicted molar refractivity (Wildman–Crippen MR) is 130 cm³/mol. The summed E-state index contributed by atoms with van der Waals surface area (Å²) in [5.74, 6) is 0. The number of rotatable bonds is 13. The lowest BCUT2D eigenvalue weighted by molar-refractivity contribution is 0.202. The van der Waals surface area contributed by atoms with Crippen molar-refractivity contribution in [1.82, 2.24) is 0 Å². The maximum absolute atomic E-state index is 7.06. The van der Waals surface area contributed by atoms with E-state index >= 15 is 0 Å². The molecular weight excluding hydrogens is 538 g/mol. The summed E-state index contributed by atoms with van der Waals surface area (Å²) in [6.45, 7) is 16.6. The number of alkyl halides is 1. The molecule has 1 unspecified atom stereocenters. The molecule has 0 bridgehead atoms. The lowest BCUT2D eigenvalue weighted by atomic mass is 10.1. The van der Waals surface area contributed by atoms with Crippen LogP contribution in [0.4, 0.5) is 0 Å². The fraction of sp³-hybridized carbons (Fsp3) is 0.900. The highest BCUT2D eigenvalue weighted by Crippen LogP contribution is 2.43. The molecule has 0 saturated heterocycles. The normalized spacial score (nSPS) is 14.9. The van der Waals surface area contributed by atoms with E-state index in [1.54, 1.807) is 0 Å². The number of allylic oxidation sites excluding steroid dienone is 1. The first kappa shape index (κ1) is 25.4. The Morgan fingerprint density at radius 3 is 1.83 bits per heavy atom. The van der Waals surface area contributed by atoms with Gasteiger partial charge in [-0.15, -0.1) is 0 Å². The molecular formula is C20H40I2OSi. The third kappa shape index (κ3) is 8.38. The molecule has 1 nitrogen and oxygen atoms in total. The molecule has 0 fully saturated rings. The first-order valence-corrected chi connectivity index (χ1v) is 14.6. The van der Waals surface area contributed by atoms with Crippen LogP contribution in [0.15, 0.2) is 9.66 Å². The van der Waals surface area contributed by atoms with E-state index in [1.165, 1.54) is 42.1 Å². The second kappa shape index (κ2) is 13.5.